The highest BCUT2D eigenvalue weighted by Crippen LogP contribution is 1.97. The van der Waals surface area contributed by atoms with Crippen LogP contribution in [0, 0.1) is 0 Å². The topological polar surface area (TPSA) is 90.2 Å². The van der Waals surface area contributed by atoms with Gasteiger partial charge in [-0.2, -0.15) is 0 Å². The second kappa shape index (κ2) is 4.59. The first-order valence-corrected chi connectivity index (χ1v) is 2.88. The Bertz CT molecular complexity index is 84.1. The van der Waals surface area contributed by atoms with Gasteiger partial charge in [0, 0.05) is 0 Å². The number of ether oxygens (including phenoxy) is 1. The van der Waals surface area contributed by atoms with E-state index >= 15 is 0 Å². The molecule has 5 nitrogen and oxygen atoms in total. The maximum atomic E-state index is 8.68. The molecule has 0 aromatic heterocycles. The zero-order valence-electron chi connectivity index (χ0n) is 5.64. The summed E-state index contributed by atoms with van der Waals surface area (Å²) in [7, 11) is 0. The normalized spacial score (nSPS) is 20.1. The molecule has 0 aromatic rings. The molecule has 0 saturated carbocycles. The molecule has 0 aromatic carbocycles. The smallest absolute Gasteiger partial charge is 0.183 e. The van der Waals surface area contributed by atoms with Crippen LogP contribution < -0.4 is 0 Å². The molecule has 0 saturated heterocycles. The van der Waals surface area contributed by atoms with Crippen molar-refractivity contribution in [2.24, 2.45) is 0 Å². The molecule has 0 bridgehead atoms. The number of rotatable bonds is 4. The van der Waals surface area contributed by atoms with Crippen molar-refractivity contribution in [1.82, 2.24) is 0 Å². The zero-order chi connectivity index (χ0) is 8.15. The van der Waals surface area contributed by atoms with E-state index in [1.165, 1.54) is 6.92 Å². The van der Waals surface area contributed by atoms with Crippen molar-refractivity contribution in [2.45, 2.75) is 25.6 Å². The third-order valence-electron chi connectivity index (χ3n) is 0.865. The van der Waals surface area contributed by atoms with Gasteiger partial charge in [-0.05, 0) is 6.92 Å². The number of aliphatic hydroxyl groups is 4. The van der Waals surface area contributed by atoms with Gasteiger partial charge in [0.2, 0.25) is 0 Å². The van der Waals surface area contributed by atoms with Gasteiger partial charge in [0.15, 0.2) is 12.6 Å². The molecule has 4 N–H and O–H groups in total. The van der Waals surface area contributed by atoms with Crippen molar-refractivity contribution in [1.29, 1.82) is 0 Å². The lowest BCUT2D eigenvalue weighted by atomic mass is 10.4. The van der Waals surface area contributed by atoms with Gasteiger partial charge in [-0.3, -0.25) is 0 Å². The highest BCUT2D eigenvalue weighted by atomic mass is 16.7. The molecule has 0 aliphatic heterocycles. The first-order valence-electron chi connectivity index (χ1n) is 2.88. The third-order valence-corrected chi connectivity index (χ3v) is 0.865. The number of hydrogen-bond acceptors (Lipinski definition) is 5. The molecule has 5 heteroatoms. The summed E-state index contributed by atoms with van der Waals surface area (Å²) in [5.74, 6) is 0. The number of aliphatic hydroxyl groups excluding tert-OH is 4. The molecule has 3 atom stereocenters. The Kier molecular flexibility index (Phi) is 4.50. The summed E-state index contributed by atoms with van der Waals surface area (Å²) in [6.07, 6.45) is -3.98. The lowest BCUT2D eigenvalue weighted by Crippen LogP contribution is -2.32. The van der Waals surface area contributed by atoms with Gasteiger partial charge in [-0.15, -0.1) is 0 Å². The number of hydrogen-bond donors (Lipinski definition) is 4. The van der Waals surface area contributed by atoms with Crippen LogP contribution in [-0.4, -0.2) is 45.7 Å². The van der Waals surface area contributed by atoms with Crippen molar-refractivity contribution in [3.63, 3.8) is 0 Å². The summed E-state index contributed by atoms with van der Waals surface area (Å²) < 4.78 is 4.27. The fourth-order valence-electron chi connectivity index (χ4n) is 0.318. The van der Waals surface area contributed by atoms with Gasteiger partial charge in [-0.1, -0.05) is 0 Å². The van der Waals surface area contributed by atoms with E-state index in [0.717, 1.165) is 0 Å². The fourth-order valence-corrected chi connectivity index (χ4v) is 0.318. The average Bonchev–Trinajstić information content (AvgIpc) is 1.87. The predicted octanol–water partition coefficient (Wildman–Crippen LogP) is -1.99. The summed E-state index contributed by atoms with van der Waals surface area (Å²) in [5.41, 5.74) is 0. The second-order valence-corrected chi connectivity index (χ2v) is 1.90. The van der Waals surface area contributed by atoms with E-state index in [9.17, 15) is 0 Å². The van der Waals surface area contributed by atoms with E-state index in [-0.39, 0.29) is 0 Å². The Morgan fingerprint density at radius 2 is 1.80 bits per heavy atom. The van der Waals surface area contributed by atoms with Crippen LogP contribution in [0.2, 0.25) is 0 Å². The van der Waals surface area contributed by atoms with Crippen LogP contribution in [-0.2, 0) is 4.74 Å². The van der Waals surface area contributed by atoms with Gasteiger partial charge in [0.05, 0.1) is 6.61 Å². The molecule has 0 heterocycles. The van der Waals surface area contributed by atoms with Crippen LogP contribution in [0.15, 0.2) is 0 Å². The van der Waals surface area contributed by atoms with Crippen LogP contribution in [0.25, 0.3) is 0 Å². The molecule has 0 fully saturated rings. The van der Waals surface area contributed by atoms with Gasteiger partial charge in [0.25, 0.3) is 0 Å². The van der Waals surface area contributed by atoms with Gasteiger partial charge in [0.1, 0.15) is 6.10 Å². The first-order chi connectivity index (χ1) is 4.57. The monoisotopic (exact) mass is 152 g/mol. The molecule has 0 aliphatic rings. The standard InChI is InChI=1S/C5H12O5/c1-3(7)5(9)10-4(8)2-6/h3-9H,2H2,1H3. The van der Waals surface area contributed by atoms with Crippen LogP contribution in [0.1, 0.15) is 6.92 Å². The van der Waals surface area contributed by atoms with Crippen molar-refractivity contribution >= 4 is 0 Å². The van der Waals surface area contributed by atoms with Gasteiger partial charge < -0.3 is 25.2 Å². The van der Waals surface area contributed by atoms with E-state index < -0.39 is 25.3 Å². The predicted molar refractivity (Wildman–Crippen MR) is 31.9 cm³/mol. The molecule has 0 spiro atoms. The molecule has 0 rings (SSSR count). The van der Waals surface area contributed by atoms with E-state index in [1.807, 2.05) is 0 Å². The van der Waals surface area contributed by atoms with Crippen molar-refractivity contribution in [3.8, 4) is 0 Å². The zero-order valence-corrected chi connectivity index (χ0v) is 5.64. The summed E-state index contributed by atoms with van der Waals surface area (Å²) in [6, 6.07) is 0. The molecule has 3 unspecified atom stereocenters. The van der Waals surface area contributed by atoms with Crippen LogP contribution in [0.5, 0.6) is 0 Å². The van der Waals surface area contributed by atoms with E-state index in [4.69, 9.17) is 20.4 Å². The maximum Gasteiger partial charge on any atom is 0.183 e. The minimum atomic E-state index is -1.46. The molecular formula is C5H12O5. The largest absolute Gasteiger partial charge is 0.391 e. The Morgan fingerprint density at radius 3 is 2.10 bits per heavy atom. The summed E-state index contributed by atoms with van der Waals surface area (Å²) in [5, 5.41) is 34.0. The van der Waals surface area contributed by atoms with Crippen molar-refractivity contribution < 1.29 is 25.2 Å². The Morgan fingerprint density at radius 1 is 1.30 bits per heavy atom. The Balaban J connectivity index is 3.46. The average molecular weight is 152 g/mol. The highest BCUT2D eigenvalue weighted by Gasteiger charge is 2.14. The maximum absolute atomic E-state index is 8.68. The van der Waals surface area contributed by atoms with E-state index in [1.54, 1.807) is 0 Å². The Hall–Kier alpha value is -0.200. The summed E-state index contributed by atoms with van der Waals surface area (Å²) in [6.45, 7) is 0.693. The lowest BCUT2D eigenvalue weighted by molar-refractivity contribution is -0.246. The second-order valence-electron chi connectivity index (χ2n) is 1.90. The quantitative estimate of drug-likeness (QED) is 0.350. The molecule has 10 heavy (non-hydrogen) atoms. The van der Waals surface area contributed by atoms with Crippen molar-refractivity contribution in [2.75, 3.05) is 6.61 Å². The van der Waals surface area contributed by atoms with E-state index in [2.05, 4.69) is 4.74 Å². The molecule has 0 amide bonds. The first kappa shape index (κ1) is 9.80. The van der Waals surface area contributed by atoms with Gasteiger partial charge in [-0.25, -0.2) is 0 Å². The summed E-state index contributed by atoms with van der Waals surface area (Å²) in [4.78, 5) is 0. The Labute approximate surface area is 58.5 Å². The summed E-state index contributed by atoms with van der Waals surface area (Å²) >= 11 is 0. The molecule has 0 radical (unpaired) electrons. The minimum Gasteiger partial charge on any atom is -0.391 e. The van der Waals surface area contributed by atoms with Crippen LogP contribution in [0.4, 0.5) is 0 Å². The highest BCUT2D eigenvalue weighted by molar-refractivity contribution is 4.49. The van der Waals surface area contributed by atoms with Crippen LogP contribution >= 0.6 is 0 Å². The van der Waals surface area contributed by atoms with Crippen LogP contribution in [0.3, 0.4) is 0 Å². The molecular weight excluding hydrogens is 140 g/mol. The fraction of sp³-hybridized carbons (Fsp3) is 1.00. The van der Waals surface area contributed by atoms with Crippen molar-refractivity contribution in [3.05, 3.63) is 0 Å². The molecule has 0 aliphatic carbocycles. The van der Waals surface area contributed by atoms with Gasteiger partial charge >= 0.3 is 0 Å². The van der Waals surface area contributed by atoms with E-state index in [0.29, 0.717) is 0 Å². The minimum absolute atomic E-state index is 0.607. The SMILES string of the molecule is CC(O)C(O)OC(O)CO. The molecule has 62 valence electrons. The lowest BCUT2D eigenvalue weighted by Gasteiger charge is -2.16. The third kappa shape index (κ3) is 3.76.